The van der Waals surface area contributed by atoms with Crippen LogP contribution in [-0.2, 0) is 13.1 Å². The molecule has 20 heavy (non-hydrogen) atoms. The zero-order valence-electron chi connectivity index (χ0n) is 11.9. The van der Waals surface area contributed by atoms with Gasteiger partial charge in [-0.05, 0) is 38.0 Å². The minimum absolute atomic E-state index is 0.711. The van der Waals surface area contributed by atoms with E-state index in [-0.39, 0.29) is 0 Å². The molecule has 0 aliphatic heterocycles. The SMILES string of the molecule is CCN(Cc1ccco1)c1ncccc1CNC1CC1. The van der Waals surface area contributed by atoms with Crippen LogP contribution in [0.1, 0.15) is 31.1 Å². The first-order valence-electron chi connectivity index (χ1n) is 7.31. The Morgan fingerprint density at radius 2 is 2.25 bits per heavy atom. The lowest BCUT2D eigenvalue weighted by Gasteiger charge is -2.23. The molecule has 4 heteroatoms. The van der Waals surface area contributed by atoms with Crippen LogP contribution in [0.2, 0.25) is 0 Å². The van der Waals surface area contributed by atoms with Crippen molar-refractivity contribution in [3.8, 4) is 0 Å². The van der Waals surface area contributed by atoms with Gasteiger partial charge in [0.2, 0.25) is 0 Å². The maximum absolute atomic E-state index is 5.45. The van der Waals surface area contributed by atoms with Crippen molar-refractivity contribution in [3.63, 3.8) is 0 Å². The van der Waals surface area contributed by atoms with Crippen LogP contribution >= 0.6 is 0 Å². The fourth-order valence-electron chi connectivity index (χ4n) is 2.32. The van der Waals surface area contributed by atoms with Gasteiger partial charge in [0.25, 0.3) is 0 Å². The monoisotopic (exact) mass is 271 g/mol. The Morgan fingerprint density at radius 3 is 2.95 bits per heavy atom. The van der Waals surface area contributed by atoms with E-state index in [2.05, 4.69) is 28.2 Å². The molecular formula is C16H21N3O. The predicted octanol–water partition coefficient (Wildman–Crippen LogP) is 2.95. The van der Waals surface area contributed by atoms with Crippen LogP contribution in [0, 0.1) is 0 Å². The second-order valence-electron chi connectivity index (χ2n) is 5.23. The third-order valence-electron chi connectivity index (χ3n) is 3.63. The average Bonchev–Trinajstić information content (AvgIpc) is 3.18. The van der Waals surface area contributed by atoms with Crippen molar-refractivity contribution in [3.05, 3.63) is 48.0 Å². The van der Waals surface area contributed by atoms with Gasteiger partial charge >= 0.3 is 0 Å². The Kier molecular flexibility index (Phi) is 4.02. The zero-order chi connectivity index (χ0) is 13.8. The van der Waals surface area contributed by atoms with E-state index in [9.17, 15) is 0 Å². The molecule has 106 valence electrons. The fourth-order valence-corrected chi connectivity index (χ4v) is 2.32. The number of nitrogens with zero attached hydrogens (tertiary/aromatic N) is 2. The third kappa shape index (κ3) is 3.20. The molecule has 0 saturated heterocycles. The number of pyridine rings is 1. The first-order chi connectivity index (χ1) is 9.86. The zero-order valence-corrected chi connectivity index (χ0v) is 11.9. The molecule has 3 rings (SSSR count). The summed E-state index contributed by atoms with van der Waals surface area (Å²) in [5, 5.41) is 3.56. The largest absolute Gasteiger partial charge is 0.467 e. The van der Waals surface area contributed by atoms with Gasteiger partial charge in [0.15, 0.2) is 0 Å². The topological polar surface area (TPSA) is 41.3 Å². The Hall–Kier alpha value is -1.81. The van der Waals surface area contributed by atoms with Gasteiger partial charge in [-0.25, -0.2) is 4.98 Å². The number of rotatable bonds is 7. The van der Waals surface area contributed by atoms with E-state index in [0.29, 0.717) is 6.04 Å². The Labute approximate surface area is 119 Å². The van der Waals surface area contributed by atoms with Gasteiger partial charge in [-0.1, -0.05) is 6.07 Å². The summed E-state index contributed by atoms with van der Waals surface area (Å²) in [4.78, 5) is 6.83. The maximum Gasteiger partial charge on any atom is 0.133 e. The molecule has 0 spiro atoms. The van der Waals surface area contributed by atoms with Crippen LogP contribution in [0.25, 0.3) is 0 Å². The second kappa shape index (κ2) is 6.09. The van der Waals surface area contributed by atoms with Gasteiger partial charge in [-0.2, -0.15) is 0 Å². The van der Waals surface area contributed by atoms with E-state index in [1.54, 1.807) is 6.26 Å². The predicted molar refractivity (Wildman–Crippen MR) is 79.5 cm³/mol. The van der Waals surface area contributed by atoms with E-state index in [1.165, 1.54) is 18.4 Å². The van der Waals surface area contributed by atoms with Crippen molar-refractivity contribution in [2.75, 3.05) is 11.4 Å². The number of anilines is 1. The molecule has 0 bridgehead atoms. The highest BCUT2D eigenvalue weighted by atomic mass is 16.3. The standard InChI is InChI=1S/C16H21N3O/c1-2-19(12-15-6-4-10-20-15)16-13(5-3-9-17-16)11-18-14-7-8-14/h3-6,9-10,14,18H,2,7-8,11-12H2,1H3. The molecule has 2 heterocycles. The Morgan fingerprint density at radius 1 is 1.35 bits per heavy atom. The van der Waals surface area contributed by atoms with Gasteiger partial charge in [0, 0.05) is 30.9 Å². The van der Waals surface area contributed by atoms with Crippen LogP contribution in [0.5, 0.6) is 0 Å². The van der Waals surface area contributed by atoms with Crippen molar-refractivity contribution in [2.45, 2.75) is 38.9 Å². The molecule has 0 aromatic carbocycles. The number of hydrogen-bond acceptors (Lipinski definition) is 4. The van der Waals surface area contributed by atoms with Gasteiger partial charge in [0.05, 0.1) is 12.8 Å². The molecule has 1 saturated carbocycles. The smallest absolute Gasteiger partial charge is 0.133 e. The van der Waals surface area contributed by atoms with E-state index in [1.807, 2.05) is 24.4 Å². The van der Waals surface area contributed by atoms with Crippen LogP contribution in [0.4, 0.5) is 5.82 Å². The van der Waals surface area contributed by atoms with Gasteiger partial charge < -0.3 is 14.6 Å². The number of nitrogens with one attached hydrogen (secondary N) is 1. The molecule has 4 nitrogen and oxygen atoms in total. The van der Waals surface area contributed by atoms with Crippen molar-refractivity contribution in [2.24, 2.45) is 0 Å². The number of aromatic nitrogens is 1. The molecule has 0 radical (unpaired) electrons. The summed E-state index contributed by atoms with van der Waals surface area (Å²) in [6.45, 7) is 4.71. The van der Waals surface area contributed by atoms with E-state index in [0.717, 1.165) is 31.2 Å². The second-order valence-corrected chi connectivity index (χ2v) is 5.23. The van der Waals surface area contributed by atoms with Crippen LogP contribution in [0.15, 0.2) is 41.1 Å². The minimum atomic E-state index is 0.711. The molecule has 0 atom stereocenters. The summed E-state index contributed by atoms with van der Waals surface area (Å²) in [6.07, 6.45) is 6.19. The summed E-state index contributed by atoms with van der Waals surface area (Å²) in [5.41, 5.74) is 1.26. The first-order valence-corrected chi connectivity index (χ1v) is 7.31. The van der Waals surface area contributed by atoms with Crippen molar-refractivity contribution in [1.29, 1.82) is 0 Å². The summed E-state index contributed by atoms with van der Waals surface area (Å²) < 4.78 is 5.45. The van der Waals surface area contributed by atoms with Crippen molar-refractivity contribution < 1.29 is 4.42 Å². The normalized spacial score (nSPS) is 14.4. The molecule has 1 aliphatic rings. The lowest BCUT2D eigenvalue weighted by molar-refractivity contribution is 0.502. The van der Waals surface area contributed by atoms with Crippen LogP contribution < -0.4 is 10.2 Å². The van der Waals surface area contributed by atoms with E-state index in [4.69, 9.17) is 4.42 Å². The van der Waals surface area contributed by atoms with Crippen LogP contribution in [0.3, 0.4) is 0 Å². The Balaban J connectivity index is 1.75. The van der Waals surface area contributed by atoms with Crippen molar-refractivity contribution in [1.82, 2.24) is 10.3 Å². The van der Waals surface area contributed by atoms with Gasteiger partial charge in [0.1, 0.15) is 11.6 Å². The quantitative estimate of drug-likeness (QED) is 0.840. The molecule has 2 aromatic rings. The molecule has 1 N–H and O–H groups in total. The molecular weight excluding hydrogens is 250 g/mol. The molecule has 0 amide bonds. The summed E-state index contributed by atoms with van der Waals surface area (Å²) in [5.74, 6) is 2.03. The highest BCUT2D eigenvalue weighted by Gasteiger charge is 2.21. The highest BCUT2D eigenvalue weighted by molar-refractivity contribution is 5.46. The lowest BCUT2D eigenvalue weighted by atomic mass is 10.2. The fraction of sp³-hybridized carbons (Fsp3) is 0.438. The molecule has 1 fully saturated rings. The maximum atomic E-state index is 5.45. The van der Waals surface area contributed by atoms with E-state index >= 15 is 0 Å². The summed E-state index contributed by atoms with van der Waals surface area (Å²) in [6, 6.07) is 8.81. The number of hydrogen-bond donors (Lipinski definition) is 1. The average molecular weight is 271 g/mol. The summed E-state index contributed by atoms with van der Waals surface area (Å²) >= 11 is 0. The van der Waals surface area contributed by atoms with Crippen LogP contribution in [-0.4, -0.2) is 17.6 Å². The highest BCUT2D eigenvalue weighted by Crippen LogP contribution is 2.23. The molecule has 1 aliphatic carbocycles. The van der Waals surface area contributed by atoms with Crippen molar-refractivity contribution >= 4 is 5.82 Å². The lowest BCUT2D eigenvalue weighted by Crippen LogP contribution is -2.26. The molecule has 0 unspecified atom stereocenters. The minimum Gasteiger partial charge on any atom is -0.467 e. The third-order valence-corrected chi connectivity index (χ3v) is 3.63. The van der Waals surface area contributed by atoms with Gasteiger partial charge in [-0.15, -0.1) is 0 Å². The number of furan rings is 1. The molecule has 2 aromatic heterocycles. The Bertz CT molecular complexity index is 534. The summed E-state index contributed by atoms with van der Waals surface area (Å²) in [7, 11) is 0. The van der Waals surface area contributed by atoms with E-state index < -0.39 is 0 Å². The van der Waals surface area contributed by atoms with Gasteiger partial charge in [-0.3, -0.25) is 0 Å². The first kappa shape index (κ1) is 13.2.